The molecule has 34 heavy (non-hydrogen) atoms. The van der Waals surface area contributed by atoms with Crippen LogP contribution < -0.4 is 15.4 Å². The number of halogens is 4. The maximum atomic E-state index is 13.8. The van der Waals surface area contributed by atoms with Crippen molar-refractivity contribution in [2.75, 3.05) is 5.32 Å². The molecule has 0 aliphatic carbocycles. The van der Waals surface area contributed by atoms with Gasteiger partial charge in [0.25, 0.3) is 0 Å². The lowest BCUT2D eigenvalue weighted by Gasteiger charge is -2.22. The van der Waals surface area contributed by atoms with E-state index in [2.05, 4.69) is 16.4 Å². The van der Waals surface area contributed by atoms with E-state index in [1.165, 1.54) is 12.1 Å². The minimum atomic E-state index is -4.71. The third-order valence-corrected chi connectivity index (χ3v) is 5.37. The van der Waals surface area contributed by atoms with E-state index >= 15 is 0 Å². The zero-order valence-electron chi connectivity index (χ0n) is 18.0. The summed E-state index contributed by atoms with van der Waals surface area (Å²) in [5.41, 5.74) is 4.08. The Hall–Kier alpha value is -3.80. The van der Waals surface area contributed by atoms with Crippen molar-refractivity contribution in [3.8, 4) is 11.5 Å². The van der Waals surface area contributed by atoms with Crippen LogP contribution >= 0.6 is 11.6 Å². The minimum absolute atomic E-state index is 0.0267. The van der Waals surface area contributed by atoms with E-state index in [0.29, 0.717) is 10.7 Å². The summed E-state index contributed by atoms with van der Waals surface area (Å²) in [7, 11) is 0. The van der Waals surface area contributed by atoms with Crippen molar-refractivity contribution in [2.45, 2.75) is 19.5 Å². The molecule has 1 heterocycles. The first-order valence-corrected chi connectivity index (χ1v) is 10.8. The lowest BCUT2D eigenvalue weighted by Crippen LogP contribution is -2.28. The highest BCUT2D eigenvalue weighted by molar-refractivity contribution is 6.30. The fourth-order valence-corrected chi connectivity index (χ4v) is 3.51. The zero-order chi connectivity index (χ0) is 24.3. The Kier molecular flexibility index (Phi) is 6.59. The van der Waals surface area contributed by atoms with Gasteiger partial charge < -0.3 is 20.5 Å². The standard InChI is InChI=1S/C26H20ClF3N2O2/c1-2-16-3-10-20(11-4-16)34-24-22(13-14-31-25(24)26(28,29)30)21-12-9-19(15-23(21)33)32-18-7-5-17(27)6-8-18/h3-12,14-15,31-33H,2H2,1H3. The molecule has 0 bridgehead atoms. The number of anilines is 2. The highest BCUT2D eigenvalue weighted by Crippen LogP contribution is 2.39. The van der Waals surface area contributed by atoms with Crippen LogP contribution in [-0.2, 0) is 6.42 Å². The van der Waals surface area contributed by atoms with Crippen LogP contribution in [0, 0.1) is 0 Å². The van der Waals surface area contributed by atoms with Crippen molar-refractivity contribution in [1.29, 1.82) is 0 Å². The smallest absolute Gasteiger partial charge is 0.435 e. The topological polar surface area (TPSA) is 53.5 Å². The molecule has 174 valence electrons. The molecule has 0 atom stereocenters. The van der Waals surface area contributed by atoms with Crippen LogP contribution in [0.4, 0.5) is 24.5 Å². The second kappa shape index (κ2) is 9.59. The average Bonchev–Trinajstić information content (AvgIpc) is 2.81. The third-order valence-electron chi connectivity index (χ3n) is 5.12. The van der Waals surface area contributed by atoms with Gasteiger partial charge in [-0.2, -0.15) is 13.2 Å². The van der Waals surface area contributed by atoms with Crippen LogP contribution in [0.1, 0.15) is 18.1 Å². The van der Waals surface area contributed by atoms with Crippen LogP contribution in [0.25, 0.3) is 5.57 Å². The van der Waals surface area contributed by atoms with Crippen molar-refractivity contribution in [2.24, 2.45) is 0 Å². The molecule has 0 radical (unpaired) electrons. The first kappa shape index (κ1) is 23.4. The van der Waals surface area contributed by atoms with Crippen LogP contribution in [-0.4, -0.2) is 11.3 Å². The minimum Gasteiger partial charge on any atom is -0.507 e. The number of benzene rings is 3. The Morgan fingerprint density at radius 2 is 1.68 bits per heavy atom. The second-order valence-corrected chi connectivity index (χ2v) is 7.91. The number of rotatable bonds is 6. The predicted octanol–water partition coefficient (Wildman–Crippen LogP) is 7.30. The van der Waals surface area contributed by atoms with Crippen molar-refractivity contribution in [3.63, 3.8) is 0 Å². The predicted molar refractivity (Wildman–Crippen MR) is 127 cm³/mol. The molecular weight excluding hydrogens is 465 g/mol. The van der Waals surface area contributed by atoms with Crippen LogP contribution in [0.2, 0.25) is 5.02 Å². The highest BCUT2D eigenvalue weighted by Gasteiger charge is 2.40. The molecule has 0 fully saturated rings. The molecule has 8 heteroatoms. The van der Waals surface area contributed by atoms with Gasteiger partial charge in [0.2, 0.25) is 0 Å². The van der Waals surface area contributed by atoms with Crippen molar-refractivity contribution in [1.82, 2.24) is 5.32 Å². The number of aryl methyl sites for hydroxylation is 1. The van der Waals surface area contributed by atoms with Gasteiger partial charge in [-0.25, -0.2) is 0 Å². The largest absolute Gasteiger partial charge is 0.507 e. The monoisotopic (exact) mass is 484 g/mol. The molecule has 0 saturated heterocycles. The van der Waals surface area contributed by atoms with Gasteiger partial charge in [0.1, 0.15) is 11.5 Å². The number of allylic oxidation sites excluding steroid dienone is 2. The molecule has 0 amide bonds. The fourth-order valence-electron chi connectivity index (χ4n) is 3.38. The normalized spacial score (nSPS) is 13.4. The van der Waals surface area contributed by atoms with E-state index < -0.39 is 17.6 Å². The summed E-state index contributed by atoms with van der Waals surface area (Å²) in [5.74, 6) is -0.480. The van der Waals surface area contributed by atoms with E-state index in [0.717, 1.165) is 23.9 Å². The van der Waals surface area contributed by atoms with Crippen molar-refractivity contribution < 1.29 is 23.0 Å². The van der Waals surface area contributed by atoms with Gasteiger partial charge in [-0.15, -0.1) is 0 Å². The number of phenolic OH excluding ortho intramolecular Hbond substituents is 1. The molecule has 0 unspecified atom stereocenters. The number of alkyl halides is 3. The molecule has 3 N–H and O–H groups in total. The van der Waals surface area contributed by atoms with E-state index in [9.17, 15) is 18.3 Å². The van der Waals surface area contributed by atoms with Gasteiger partial charge in [0, 0.05) is 34.2 Å². The molecule has 0 spiro atoms. The average molecular weight is 485 g/mol. The third kappa shape index (κ3) is 5.22. The van der Waals surface area contributed by atoms with E-state index in [-0.39, 0.29) is 22.6 Å². The number of phenols is 1. The summed E-state index contributed by atoms with van der Waals surface area (Å²) in [5, 5.41) is 16.6. The van der Waals surface area contributed by atoms with Crippen molar-refractivity contribution in [3.05, 3.63) is 106 Å². The van der Waals surface area contributed by atoms with Gasteiger partial charge in [-0.05, 0) is 60.5 Å². The molecule has 4 nitrogen and oxygen atoms in total. The summed E-state index contributed by atoms with van der Waals surface area (Å²) in [6, 6.07) is 18.3. The molecule has 0 saturated carbocycles. The van der Waals surface area contributed by atoms with E-state index in [1.54, 1.807) is 54.6 Å². The van der Waals surface area contributed by atoms with Crippen LogP contribution in [0.5, 0.6) is 11.5 Å². The molecular formula is C26H20ClF3N2O2. The Bertz CT molecular complexity index is 1290. The molecule has 1 aliphatic rings. The van der Waals surface area contributed by atoms with Gasteiger partial charge in [0.15, 0.2) is 11.5 Å². The van der Waals surface area contributed by atoms with Crippen molar-refractivity contribution >= 4 is 28.5 Å². The highest BCUT2D eigenvalue weighted by atomic mass is 35.5. The van der Waals surface area contributed by atoms with Crippen LogP contribution in [0.15, 0.2) is 90.1 Å². The van der Waals surface area contributed by atoms with E-state index in [1.807, 2.05) is 6.92 Å². The Morgan fingerprint density at radius 3 is 2.29 bits per heavy atom. The molecule has 4 rings (SSSR count). The number of hydrogen-bond acceptors (Lipinski definition) is 4. The quantitative estimate of drug-likeness (QED) is 0.321. The number of ether oxygens (including phenoxy) is 1. The number of hydrogen-bond donors (Lipinski definition) is 3. The first-order chi connectivity index (χ1) is 16.2. The number of aromatic hydroxyl groups is 1. The maximum absolute atomic E-state index is 13.8. The van der Waals surface area contributed by atoms with Gasteiger partial charge in [-0.1, -0.05) is 36.4 Å². The van der Waals surface area contributed by atoms with Crippen LogP contribution in [0.3, 0.4) is 0 Å². The summed E-state index contributed by atoms with van der Waals surface area (Å²) in [6.07, 6.45) is -2.88. The Morgan fingerprint density at radius 1 is 1.00 bits per heavy atom. The Balaban J connectivity index is 1.69. The lowest BCUT2D eigenvalue weighted by molar-refractivity contribution is -0.0977. The summed E-state index contributed by atoms with van der Waals surface area (Å²) in [4.78, 5) is 0. The lowest BCUT2D eigenvalue weighted by atomic mass is 10.00. The fraction of sp³-hybridized carbons (Fsp3) is 0.115. The Labute approximate surface area is 199 Å². The number of nitrogens with one attached hydrogen (secondary N) is 2. The molecule has 1 aliphatic heterocycles. The van der Waals surface area contributed by atoms with Gasteiger partial charge in [0.05, 0.1) is 5.57 Å². The molecule has 3 aromatic carbocycles. The van der Waals surface area contributed by atoms with Gasteiger partial charge >= 0.3 is 6.18 Å². The zero-order valence-corrected chi connectivity index (χ0v) is 18.8. The summed E-state index contributed by atoms with van der Waals surface area (Å²) >= 11 is 5.90. The molecule has 3 aromatic rings. The summed E-state index contributed by atoms with van der Waals surface area (Å²) in [6.45, 7) is 1.98. The molecule has 0 aromatic heterocycles. The first-order valence-electron chi connectivity index (χ1n) is 10.4. The second-order valence-electron chi connectivity index (χ2n) is 7.47. The summed E-state index contributed by atoms with van der Waals surface area (Å²) < 4.78 is 47.1. The van der Waals surface area contributed by atoms with E-state index in [4.69, 9.17) is 16.3 Å². The maximum Gasteiger partial charge on any atom is 0.435 e. The SMILES string of the molecule is CCc1ccc(OC2=C(C(F)(F)F)NC=C=C2c2ccc(Nc3ccc(Cl)cc3)cc2O)cc1. The van der Waals surface area contributed by atoms with Gasteiger partial charge in [-0.3, -0.25) is 0 Å².